The first-order valence-corrected chi connectivity index (χ1v) is 19.4. The Hall–Kier alpha value is -6.68. The fourth-order valence-electron chi connectivity index (χ4n) is 8.00. The van der Waals surface area contributed by atoms with Crippen LogP contribution in [0.1, 0.15) is 0 Å². The molecule has 9 aromatic carbocycles. The Morgan fingerprint density at radius 3 is 1.49 bits per heavy atom. The van der Waals surface area contributed by atoms with Crippen LogP contribution in [0.25, 0.3) is 71.6 Å². The van der Waals surface area contributed by atoms with E-state index in [1.54, 1.807) is 0 Å². The van der Waals surface area contributed by atoms with Gasteiger partial charge in [-0.15, -0.1) is 0 Å². The van der Waals surface area contributed by atoms with Crippen LogP contribution in [0.5, 0.6) is 0 Å². The normalized spacial score (nSPS) is 11.4. The van der Waals surface area contributed by atoms with Gasteiger partial charge in [-0.3, -0.25) is 0 Å². The summed E-state index contributed by atoms with van der Waals surface area (Å²) in [6, 6.07) is 76.5. The molecule has 0 atom stereocenters. The standard InChI is InChI=1S/C52H35BrN2/c53-43-33-42(40-23-30-46(31-24-40)55-50-18-10-9-17-49(50)52-48-16-8-7-15-41(48)25-32-51(52)55)34-47(35-43)54(44-26-19-38(20-27-44)36-11-3-1-4-12-36)45-28-21-39(22-29-45)37-13-5-2-6-14-37/h1-35H. The zero-order valence-electron chi connectivity index (χ0n) is 30.0. The second-order valence-electron chi connectivity index (χ2n) is 13.9. The van der Waals surface area contributed by atoms with Gasteiger partial charge in [0.25, 0.3) is 0 Å². The summed E-state index contributed by atoms with van der Waals surface area (Å²) in [6.45, 7) is 0. The van der Waals surface area contributed by atoms with E-state index in [4.69, 9.17) is 0 Å². The number of anilines is 3. The average Bonchev–Trinajstić information content (AvgIpc) is 3.60. The summed E-state index contributed by atoms with van der Waals surface area (Å²) in [5.74, 6) is 0. The van der Waals surface area contributed by atoms with E-state index in [1.165, 1.54) is 54.8 Å². The molecule has 0 N–H and O–H groups in total. The molecule has 0 saturated heterocycles. The second kappa shape index (κ2) is 13.9. The molecule has 260 valence electrons. The number of aromatic nitrogens is 1. The molecular formula is C52H35BrN2. The second-order valence-corrected chi connectivity index (χ2v) is 14.9. The van der Waals surface area contributed by atoms with E-state index in [2.05, 4.69) is 238 Å². The molecule has 3 heteroatoms. The fourth-order valence-corrected chi connectivity index (χ4v) is 8.49. The van der Waals surface area contributed by atoms with E-state index in [-0.39, 0.29) is 0 Å². The molecule has 0 spiro atoms. The minimum Gasteiger partial charge on any atom is -0.310 e. The van der Waals surface area contributed by atoms with E-state index >= 15 is 0 Å². The van der Waals surface area contributed by atoms with Crippen molar-refractivity contribution in [3.05, 3.63) is 217 Å². The van der Waals surface area contributed by atoms with Crippen LogP contribution in [0.15, 0.2) is 217 Å². The number of hydrogen-bond acceptors (Lipinski definition) is 1. The third kappa shape index (κ3) is 6.09. The lowest BCUT2D eigenvalue weighted by molar-refractivity contribution is 1.18. The number of benzene rings is 9. The van der Waals surface area contributed by atoms with Crippen LogP contribution in [-0.2, 0) is 0 Å². The maximum Gasteiger partial charge on any atom is 0.0547 e. The molecule has 0 aliphatic heterocycles. The molecule has 0 unspecified atom stereocenters. The third-order valence-electron chi connectivity index (χ3n) is 10.6. The van der Waals surface area contributed by atoms with Crippen LogP contribution >= 0.6 is 15.9 Å². The van der Waals surface area contributed by atoms with E-state index in [0.717, 1.165) is 38.3 Å². The Kier molecular flexibility index (Phi) is 8.35. The molecular weight excluding hydrogens is 732 g/mol. The van der Waals surface area contributed by atoms with Gasteiger partial charge in [-0.05, 0) is 111 Å². The van der Waals surface area contributed by atoms with Crippen molar-refractivity contribution in [3.63, 3.8) is 0 Å². The van der Waals surface area contributed by atoms with Gasteiger partial charge in [-0.25, -0.2) is 0 Å². The zero-order valence-corrected chi connectivity index (χ0v) is 31.6. The van der Waals surface area contributed by atoms with Gasteiger partial charge in [0.05, 0.1) is 11.0 Å². The molecule has 0 amide bonds. The topological polar surface area (TPSA) is 8.17 Å². The highest BCUT2D eigenvalue weighted by Crippen LogP contribution is 2.41. The lowest BCUT2D eigenvalue weighted by atomic mass is 10.0. The average molecular weight is 768 g/mol. The first-order chi connectivity index (χ1) is 27.2. The van der Waals surface area contributed by atoms with Crippen LogP contribution in [0.2, 0.25) is 0 Å². The minimum absolute atomic E-state index is 1.02. The molecule has 10 aromatic rings. The smallest absolute Gasteiger partial charge is 0.0547 e. The molecule has 0 saturated carbocycles. The van der Waals surface area contributed by atoms with Gasteiger partial charge in [-0.2, -0.15) is 0 Å². The number of para-hydroxylation sites is 1. The van der Waals surface area contributed by atoms with Crippen molar-refractivity contribution in [3.8, 4) is 39.1 Å². The molecule has 55 heavy (non-hydrogen) atoms. The van der Waals surface area contributed by atoms with Crippen LogP contribution in [0.3, 0.4) is 0 Å². The van der Waals surface area contributed by atoms with E-state index in [1.807, 2.05) is 0 Å². The van der Waals surface area contributed by atoms with Gasteiger partial charge in [-0.1, -0.05) is 162 Å². The number of hydrogen-bond donors (Lipinski definition) is 0. The van der Waals surface area contributed by atoms with Crippen molar-refractivity contribution < 1.29 is 0 Å². The van der Waals surface area contributed by atoms with Crippen molar-refractivity contribution in [2.24, 2.45) is 0 Å². The third-order valence-corrected chi connectivity index (χ3v) is 11.1. The van der Waals surface area contributed by atoms with Gasteiger partial charge in [0.15, 0.2) is 0 Å². The Morgan fingerprint density at radius 1 is 0.345 bits per heavy atom. The largest absolute Gasteiger partial charge is 0.310 e. The number of rotatable bonds is 7. The summed E-state index contributed by atoms with van der Waals surface area (Å²) >= 11 is 3.90. The Labute approximate surface area is 329 Å². The molecule has 1 heterocycles. The first kappa shape index (κ1) is 32.9. The first-order valence-electron chi connectivity index (χ1n) is 18.6. The van der Waals surface area contributed by atoms with Crippen LogP contribution < -0.4 is 4.90 Å². The summed E-state index contributed by atoms with van der Waals surface area (Å²) < 4.78 is 3.41. The van der Waals surface area contributed by atoms with Gasteiger partial charge < -0.3 is 9.47 Å². The van der Waals surface area contributed by atoms with Gasteiger partial charge in [0, 0.05) is 38.0 Å². The molecule has 0 aliphatic carbocycles. The van der Waals surface area contributed by atoms with E-state index < -0.39 is 0 Å². The Bertz CT molecular complexity index is 2870. The predicted molar refractivity (Wildman–Crippen MR) is 237 cm³/mol. The van der Waals surface area contributed by atoms with Gasteiger partial charge in [0.2, 0.25) is 0 Å². The SMILES string of the molecule is Brc1cc(-c2ccc(-n3c4ccccc4c4c5ccccc5ccc43)cc2)cc(N(c2ccc(-c3ccccc3)cc2)c2ccc(-c3ccccc3)cc2)c1. The molecule has 10 rings (SSSR count). The van der Waals surface area contributed by atoms with E-state index in [9.17, 15) is 0 Å². The highest BCUT2D eigenvalue weighted by Gasteiger charge is 2.17. The van der Waals surface area contributed by atoms with E-state index in [0.29, 0.717) is 0 Å². The molecule has 0 radical (unpaired) electrons. The number of fused-ring (bicyclic) bond motifs is 5. The Morgan fingerprint density at radius 2 is 0.855 bits per heavy atom. The zero-order chi connectivity index (χ0) is 36.7. The van der Waals surface area contributed by atoms with Crippen LogP contribution in [0, 0.1) is 0 Å². The lowest BCUT2D eigenvalue weighted by Gasteiger charge is -2.27. The Balaban J connectivity index is 1.06. The van der Waals surface area contributed by atoms with Gasteiger partial charge >= 0.3 is 0 Å². The molecule has 1 aromatic heterocycles. The molecule has 0 bridgehead atoms. The molecule has 0 fully saturated rings. The maximum absolute atomic E-state index is 3.90. The summed E-state index contributed by atoms with van der Waals surface area (Å²) in [7, 11) is 0. The highest BCUT2D eigenvalue weighted by atomic mass is 79.9. The number of nitrogens with zero attached hydrogens (tertiary/aromatic N) is 2. The summed E-state index contributed by atoms with van der Waals surface area (Å²) in [6.07, 6.45) is 0. The van der Waals surface area contributed by atoms with Gasteiger partial charge in [0.1, 0.15) is 0 Å². The summed E-state index contributed by atoms with van der Waals surface area (Å²) in [5, 5.41) is 5.10. The summed E-state index contributed by atoms with van der Waals surface area (Å²) in [4.78, 5) is 2.34. The fraction of sp³-hybridized carbons (Fsp3) is 0. The van der Waals surface area contributed by atoms with Crippen molar-refractivity contribution in [1.29, 1.82) is 0 Å². The maximum atomic E-state index is 3.90. The van der Waals surface area contributed by atoms with Crippen molar-refractivity contribution in [1.82, 2.24) is 4.57 Å². The quantitative estimate of drug-likeness (QED) is 0.157. The summed E-state index contributed by atoms with van der Waals surface area (Å²) in [5.41, 5.74) is 13.9. The van der Waals surface area contributed by atoms with Crippen molar-refractivity contribution in [2.45, 2.75) is 0 Å². The monoisotopic (exact) mass is 766 g/mol. The minimum atomic E-state index is 1.02. The molecule has 2 nitrogen and oxygen atoms in total. The van der Waals surface area contributed by atoms with Crippen molar-refractivity contribution in [2.75, 3.05) is 4.90 Å². The van der Waals surface area contributed by atoms with Crippen molar-refractivity contribution >= 4 is 65.6 Å². The number of halogens is 1. The van der Waals surface area contributed by atoms with Crippen LogP contribution in [0.4, 0.5) is 17.1 Å². The predicted octanol–water partition coefficient (Wildman–Crippen LogP) is 15.2. The lowest BCUT2D eigenvalue weighted by Crippen LogP contribution is -2.10. The van der Waals surface area contributed by atoms with Crippen LogP contribution in [-0.4, -0.2) is 4.57 Å². The molecule has 0 aliphatic rings. The highest BCUT2D eigenvalue weighted by molar-refractivity contribution is 9.10.